The van der Waals surface area contributed by atoms with Gasteiger partial charge in [-0.15, -0.1) is 0 Å². The minimum Gasteiger partial charge on any atom is -0.496 e. The van der Waals surface area contributed by atoms with Crippen LogP contribution in [0.5, 0.6) is 17.2 Å². The van der Waals surface area contributed by atoms with Gasteiger partial charge in [-0.05, 0) is 32.5 Å². The summed E-state index contributed by atoms with van der Waals surface area (Å²) in [6.07, 6.45) is 1.62. The molecule has 238 valence electrons. The molecule has 45 heavy (non-hydrogen) atoms. The summed E-state index contributed by atoms with van der Waals surface area (Å²) in [7, 11) is 4.46. The Kier molecular flexibility index (Phi) is 9.43. The Labute approximate surface area is 271 Å². The highest BCUT2D eigenvalue weighted by Gasteiger charge is 2.28. The van der Waals surface area contributed by atoms with Crippen LogP contribution in [0.1, 0.15) is 26.8 Å². The van der Waals surface area contributed by atoms with E-state index in [4.69, 9.17) is 37.4 Å². The minimum absolute atomic E-state index is 0.0366. The Morgan fingerprint density at radius 1 is 0.911 bits per heavy atom. The highest BCUT2D eigenvalue weighted by molar-refractivity contribution is 6.41. The number of nitro benzene ring substituents is 1. The lowest BCUT2D eigenvalue weighted by atomic mass is 10.0. The van der Waals surface area contributed by atoms with Crippen molar-refractivity contribution < 1.29 is 19.1 Å². The van der Waals surface area contributed by atoms with Crippen molar-refractivity contribution in [1.29, 1.82) is 0 Å². The molecule has 11 nitrogen and oxygen atoms in total. The van der Waals surface area contributed by atoms with E-state index in [1.807, 2.05) is 18.7 Å². The predicted octanol–water partition coefficient (Wildman–Crippen LogP) is 6.69. The summed E-state index contributed by atoms with van der Waals surface area (Å²) in [5.41, 5.74) is 2.10. The number of halogens is 2. The molecule has 4 aromatic rings. The van der Waals surface area contributed by atoms with E-state index in [2.05, 4.69) is 16.8 Å². The molecule has 2 aromatic carbocycles. The monoisotopic (exact) mass is 655 g/mol. The van der Waals surface area contributed by atoms with Crippen molar-refractivity contribution in [2.75, 3.05) is 59.0 Å². The molecular weight excluding hydrogens is 621 g/mol. The molecule has 1 fully saturated rings. The first kappa shape index (κ1) is 32.3. The number of anilines is 1. The third kappa shape index (κ3) is 5.87. The SMILES string of the molecule is CCN1CCN(c2cc(OC)c(-c3cc4c(cn3)cc(-c3c(Cl)c(OC)cc(OC)c3Cl)c(=O)n4C(C)C)cc2[N+](=O)[O-])CC1. The van der Waals surface area contributed by atoms with Gasteiger partial charge >= 0.3 is 0 Å². The smallest absolute Gasteiger partial charge is 0.293 e. The average molecular weight is 657 g/mol. The second-order valence-electron chi connectivity index (χ2n) is 11.0. The highest BCUT2D eigenvalue weighted by atomic mass is 35.5. The van der Waals surface area contributed by atoms with Crippen molar-refractivity contribution >= 4 is 45.5 Å². The van der Waals surface area contributed by atoms with E-state index in [-0.39, 0.29) is 43.4 Å². The standard InChI is InChI=1S/C32H35Cl2N5O6/c1-7-36-8-10-37(11-9-36)24-15-26(43-4)20(13-25(24)39(41)42)22-14-23-19(17-35-22)12-21(32(40)38(23)18(2)3)29-30(33)27(44-5)16-28(45-6)31(29)34/h12-18H,7-11H2,1-6H3. The molecule has 2 aromatic heterocycles. The largest absolute Gasteiger partial charge is 0.496 e. The lowest BCUT2D eigenvalue weighted by Crippen LogP contribution is -2.46. The van der Waals surface area contributed by atoms with Crippen LogP contribution in [0.15, 0.2) is 41.3 Å². The molecule has 5 rings (SSSR count). The quantitative estimate of drug-likeness (QED) is 0.144. The zero-order valence-electron chi connectivity index (χ0n) is 26.0. The normalized spacial score (nSPS) is 13.8. The topological polar surface area (TPSA) is 112 Å². The predicted molar refractivity (Wildman–Crippen MR) is 178 cm³/mol. The number of aromatic nitrogens is 2. The first-order chi connectivity index (χ1) is 21.5. The third-order valence-electron chi connectivity index (χ3n) is 8.21. The van der Waals surface area contributed by atoms with Crippen molar-refractivity contribution in [2.24, 2.45) is 0 Å². The fraction of sp³-hybridized carbons (Fsp3) is 0.375. The van der Waals surface area contributed by atoms with E-state index in [1.54, 1.807) is 35.0 Å². The number of hydrogen-bond donors (Lipinski definition) is 0. The number of fused-ring (bicyclic) bond motifs is 1. The number of benzene rings is 2. The van der Waals surface area contributed by atoms with Gasteiger partial charge in [-0.2, -0.15) is 0 Å². The number of nitro groups is 1. The molecular formula is C32H35Cl2N5O6. The molecule has 0 amide bonds. The van der Waals surface area contributed by atoms with Crippen LogP contribution in [0.3, 0.4) is 0 Å². The first-order valence-electron chi connectivity index (χ1n) is 14.5. The van der Waals surface area contributed by atoms with Crippen LogP contribution >= 0.6 is 23.2 Å². The Morgan fingerprint density at radius 2 is 1.53 bits per heavy atom. The molecule has 1 aliphatic rings. The molecule has 13 heteroatoms. The van der Waals surface area contributed by atoms with Crippen LogP contribution in [0.2, 0.25) is 10.0 Å². The Hall–Kier alpha value is -4.06. The van der Waals surface area contributed by atoms with E-state index in [1.165, 1.54) is 27.4 Å². The van der Waals surface area contributed by atoms with Gasteiger partial charge in [-0.25, -0.2) is 0 Å². The van der Waals surface area contributed by atoms with Crippen molar-refractivity contribution in [3.8, 4) is 39.6 Å². The van der Waals surface area contributed by atoms with E-state index in [0.29, 0.717) is 58.2 Å². The molecule has 0 N–H and O–H groups in total. The van der Waals surface area contributed by atoms with Crippen LogP contribution in [0, 0.1) is 10.1 Å². The summed E-state index contributed by atoms with van der Waals surface area (Å²) < 4.78 is 18.2. The molecule has 0 bridgehead atoms. The van der Waals surface area contributed by atoms with Crippen LogP contribution in [0.4, 0.5) is 11.4 Å². The van der Waals surface area contributed by atoms with E-state index in [9.17, 15) is 14.9 Å². The number of nitrogens with zero attached hydrogens (tertiary/aromatic N) is 5. The number of rotatable bonds is 9. The first-order valence-corrected chi connectivity index (χ1v) is 15.3. The molecule has 0 unspecified atom stereocenters. The van der Waals surface area contributed by atoms with E-state index < -0.39 is 0 Å². The van der Waals surface area contributed by atoms with E-state index in [0.717, 1.165) is 19.6 Å². The fourth-order valence-corrected chi connectivity index (χ4v) is 6.53. The van der Waals surface area contributed by atoms with Crippen LogP contribution in [-0.2, 0) is 0 Å². The van der Waals surface area contributed by atoms with Crippen molar-refractivity contribution in [1.82, 2.24) is 14.5 Å². The van der Waals surface area contributed by atoms with Crippen molar-refractivity contribution in [2.45, 2.75) is 26.8 Å². The Bertz CT molecular complexity index is 1810. The van der Waals surface area contributed by atoms with Gasteiger partial charge in [0.2, 0.25) is 0 Å². The lowest BCUT2D eigenvalue weighted by Gasteiger charge is -2.35. The average Bonchev–Trinajstić information content (AvgIpc) is 3.04. The Morgan fingerprint density at radius 3 is 2.07 bits per heavy atom. The molecule has 1 aliphatic heterocycles. The summed E-state index contributed by atoms with van der Waals surface area (Å²) in [4.78, 5) is 35.1. The lowest BCUT2D eigenvalue weighted by molar-refractivity contribution is -0.384. The summed E-state index contributed by atoms with van der Waals surface area (Å²) in [6.45, 7) is 9.78. The van der Waals surface area contributed by atoms with Gasteiger partial charge in [0, 0.05) is 73.1 Å². The number of methoxy groups -OCH3 is 3. The third-order valence-corrected chi connectivity index (χ3v) is 8.96. The van der Waals surface area contributed by atoms with Crippen molar-refractivity contribution in [3.63, 3.8) is 0 Å². The van der Waals surface area contributed by atoms with E-state index >= 15 is 0 Å². The summed E-state index contributed by atoms with van der Waals surface area (Å²) in [5.74, 6) is 1.06. The second-order valence-corrected chi connectivity index (χ2v) is 11.7. The number of pyridine rings is 2. The van der Waals surface area contributed by atoms with Crippen LogP contribution in [-0.4, -0.2) is 73.4 Å². The zero-order chi connectivity index (χ0) is 32.6. The molecule has 0 spiro atoms. The number of likely N-dealkylation sites (N-methyl/N-ethyl adjacent to an activating group) is 1. The van der Waals surface area contributed by atoms with Crippen molar-refractivity contribution in [3.05, 3.63) is 67.0 Å². The van der Waals surface area contributed by atoms with Gasteiger partial charge in [0.1, 0.15) is 22.9 Å². The summed E-state index contributed by atoms with van der Waals surface area (Å²) >= 11 is 13.4. The second kappa shape index (κ2) is 13.1. The molecule has 1 saturated heterocycles. The van der Waals surface area contributed by atoms with Crippen LogP contribution in [0.25, 0.3) is 33.3 Å². The Balaban J connectivity index is 1.70. The summed E-state index contributed by atoms with van der Waals surface area (Å²) in [6, 6.07) is 7.92. The molecule has 3 heterocycles. The van der Waals surface area contributed by atoms with Crippen LogP contribution < -0.4 is 24.7 Å². The molecule has 0 aliphatic carbocycles. The molecule has 0 atom stereocenters. The fourth-order valence-electron chi connectivity index (χ4n) is 5.82. The maximum atomic E-state index is 14.1. The zero-order valence-corrected chi connectivity index (χ0v) is 27.5. The maximum absolute atomic E-state index is 14.1. The number of piperazine rings is 1. The van der Waals surface area contributed by atoms with Gasteiger partial charge in [0.05, 0.1) is 53.1 Å². The highest BCUT2D eigenvalue weighted by Crippen LogP contribution is 2.46. The minimum atomic E-state index is -0.377. The summed E-state index contributed by atoms with van der Waals surface area (Å²) in [5, 5.41) is 13.3. The van der Waals surface area contributed by atoms with Gasteiger partial charge in [-0.1, -0.05) is 30.1 Å². The van der Waals surface area contributed by atoms with Gasteiger partial charge in [0.25, 0.3) is 11.2 Å². The molecule has 0 saturated carbocycles. The number of hydrogen-bond acceptors (Lipinski definition) is 9. The maximum Gasteiger partial charge on any atom is 0.293 e. The number of ether oxygens (including phenoxy) is 3. The molecule has 0 radical (unpaired) electrons. The van der Waals surface area contributed by atoms with Gasteiger partial charge < -0.3 is 28.6 Å². The van der Waals surface area contributed by atoms with Gasteiger partial charge in [-0.3, -0.25) is 19.9 Å². The van der Waals surface area contributed by atoms with Gasteiger partial charge in [0.15, 0.2) is 0 Å².